The van der Waals surface area contributed by atoms with Crippen LogP contribution >= 0.6 is 0 Å². The molecular formula is C18H22F2N2. The maximum Gasteiger partial charge on any atom is 0.146 e. The van der Waals surface area contributed by atoms with Gasteiger partial charge in [0, 0.05) is 31.7 Å². The lowest BCUT2D eigenvalue weighted by molar-refractivity contribution is 0.587. The molecule has 0 aliphatic rings. The fraction of sp³-hybridized carbons (Fsp3) is 0.333. The van der Waals surface area contributed by atoms with Crippen LogP contribution in [0.4, 0.5) is 14.5 Å². The zero-order valence-corrected chi connectivity index (χ0v) is 13.1. The number of nitrogens with one attached hydrogen (secondary N) is 1. The van der Waals surface area contributed by atoms with Gasteiger partial charge in [0.2, 0.25) is 0 Å². The van der Waals surface area contributed by atoms with Crippen LogP contribution in [0.5, 0.6) is 0 Å². The third-order valence-electron chi connectivity index (χ3n) is 3.72. The zero-order chi connectivity index (χ0) is 15.9. The highest BCUT2D eigenvalue weighted by molar-refractivity contribution is 5.49. The Labute approximate surface area is 130 Å². The first-order valence-electron chi connectivity index (χ1n) is 7.63. The Balaban J connectivity index is 2.01. The van der Waals surface area contributed by atoms with Gasteiger partial charge in [-0.2, -0.15) is 0 Å². The summed E-state index contributed by atoms with van der Waals surface area (Å²) in [6, 6.07) is 11.8. The van der Waals surface area contributed by atoms with Crippen molar-refractivity contribution in [3.63, 3.8) is 0 Å². The van der Waals surface area contributed by atoms with Crippen molar-refractivity contribution in [1.29, 1.82) is 0 Å². The lowest BCUT2D eigenvalue weighted by Gasteiger charge is -2.22. The normalized spacial score (nSPS) is 10.7. The van der Waals surface area contributed by atoms with Crippen molar-refractivity contribution in [2.75, 3.05) is 18.0 Å². The molecule has 0 aromatic heterocycles. The topological polar surface area (TPSA) is 15.3 Å². The summed E-state index contributed by atoms with van der Waals surface area (Å²) >= 11 is 0. The van der Waals surface area contributed by atoms with Crippen molar-refractivity contribution in [2.45, 2.75) is 26.9 Å². The summed E-state index contributed by atoms with van der Waals surface area (Å²) in [5.41, 5.74) is 2.24. The minimum atomic E-state index is -0.210. The van der Waals surface area contributed by atoms with Gasteiger partial charge in [0.25, 0.3) is 0 Å². The van der Waals surface area contributed by atoms with E-state index in [1.54, 1.807) is 18.2 Å². The van der Waals surface area contributed by atoms with Gasteiger partial charge in [-0.15, -0.1) is 0 Å². The minimum Gasteiger partial charge on any atom is -0.370 e. The fourth-order valence-corrected chi connectivity index (χ4v) is 2.46. The Bertz CT molecular complexity index is 610. The third-order valence-corrected chi connectivity index (χ3v) is 3.72. The lowest BCUT2D eigenvalue weighted by Crippen LogP contribution is -2.23. The Hall–Kier alpha value is -1.94. The number of hydrogen-bond acceptors (Lipinski definition) is 2. The molecule has 0 aliphatic carbocycles. The molecule has 0 radical (unpaired) electrons. The maximum absolute atomic E-state index is 13.9. The molecule has 0 atom stereocenters. The molecular weight excluding hydrogens is 282 g/mol. The summed E-state index contributed by atoms with van der Waals surface area (Å²) in [4.78, 5) is 1.98. The van der Waals surface area contributed by atoms with Crippen LogP contribution in [0.1, 0.15) is 25.0 Å². The largest absolute Gasteiger partial charge is 0.370 e. The van der Waals surface area contributed by atoms with Crippen LogP contribution in [0.15, 0.2) is 42.5 Å². The van der Waals surface area contributed by atoms with E-state index >= 15 is 0 Å². The van der Waals surface area contributed by atoms with Crippen LogP contribution in [-0.2, 0) is 13.1 Å². The van der Waals surface area contributed by atoms with Gasteiger partial charge in [-0.1, -0.05) is 24.3 Å². The monoisotopic (exact) mass is 304 g/mol. The van der Waals surface area contributed by atoms with E-state index < -0.39 is 0 Å². The van der Waals surface area contributed by atoms with Gasteiger partial charge in [-0.3, -0.25) is 0 Å². The van der Waals surface area contributed by atoms with Gasteiger partial charge in [0.15, 0.2) is 0 Å². The van der Waals surface area contributed by atoms with Crippen molar-refractivity contribution >= 4 is 5.69 Å². The van der Waals surface area contributed by atoms with Gasteiger partial charge >= 0.3 is 0 Å². The molecule has 0 aliphatic heterocycles. The Morgan fingerprint density at radius 1 is 0.909 bits per heavy atom. The van der Waals surface area contributed by atoms with E-state index in [0.717, 1.165) is 18.7 Å². The predicted octanol–water partition coefficient (Wildman–Crippen LogP) is 4.10. The van der Waals surface area contributed by atoms with Crippen LogP contribution in [-0.4, -0.2) is 13.1 Å². The highest BCUT2D eigenvalue weighted by Crippen LogP contribution is 2.21. The molecule has 2 nitrogen and oxygen atoms in total. The van der Waals surface area contributed by atoms with Crippen LogP contribution in [0.2, 0.25) is 0 Å². The Kier molecular flexibility index (Phi) is 5.90. The number of halogens is 2. The average Bonchev–Trinajstić information content (AvgIpc) is 2.53. The molecule has 2 aromatic carbocycles. The molecule has 0 spiro atoms. The molecule has 2 rings (SSSR count). The van der Waals surface area contributed by atoms with Gasteiger partial charge in [0.1, 0.15) is 11.6 Å². The van der Waals surface area contributed by atoms with Crippen molar-refractivity contribution in [3.8, 4) is 0 Å². The fourth-order valence-electron chi connectivity index (χ4n) is 2.46. The number of hydrogen-bond donors (Lipinski definition) is 1. The molecule has 0 saturated carbocycles. The van der Waals surface area contributed by atoms with E-state index in [1.807, 2.05) is 30.9 Å². The molecule has 0 bridgehead atoms. The molecule has 0 saturated heterocycles. The summed E-state index contributed by atoms with van der Waals surface area (Å²) in [7, 11) is 0. The molecule has 0 heterocycles. The average molecular weight is 304 g/mol. The standard InChI is InChI=1S/C18H22F2N2/c1-3-22(4-2)18-11-14(9-10-17(18)20)12-21-13-15-7-5-6-8-16(15)19/h5-11,21H,3-4,12-13H2,1-2H3. The highest BCUT2D eigenvalue weighted by Gasteiger charge is 2.09. The van der Waals surface area contributed by atoms with E-state index in [-0.39, 0.29) is 11.6 Å². The van der Waals surface area contributed by atoms with Gasteiger partial charge in [-0.25, -0.2) is 8.78 Å². The molecule has 0 fully saturated rings. The van der Waals surface area contributed by atoms with E-state index in [2.05, 4.69) is 5.32 Å². The van der Waals surface area contributed by atoms with E-state index in [4.69, 9.17) is 0 Å². The van der Waals surface area contributed by atoms with E-state index in [9.17, 15) is 8.78 Å². The van der Waals surface area contributed by atoms with E-state index in [1.165, 1.54) is 12.1 Å². The van der Waals surface area contributed by atoms with Crippen LogP contribution in [0.25, 0.3) is 0 Å². The molecule has 118 valence electrons. The first-order chi connectivity index (χ1) is 10.7. The second-order valence-corrected chi connectivity index (χ2v) is 5.15. The second-order valence-electron chi connectivity index (χ2n) is 5.15. The Morgan fingerprint density at radius 3 is 2.32 bits per heavy atom. The first-order valence-corrected chi connectivity index (χ1v) is 7.63. The first kappa shape index (κ1) is 16.4. The SMILES string of the molecule is CCN(CC)c1cc(CNCc2ccccc2F)ccc1F. The number of anilines is 1. The van der Waals surface area contributed by atoms with Crippen molar-refractivity contribution in [1.82, 2.24) is 5.32 Å². The predicted molar refractivity (Wildman–Crippen MR) is 86.9 cm³/mol. The number of rotatable bonds is 7. The minimum absolute atomic E-state index is 0.207. The van der Waals surface area contributed by atoms with Crippen molar-refractivity contribution in [3.05, 3.63) is 65.2 Å². The van der Waals surface area contributed by atoms with Crippen molar-refractivity contribution < 1.29 is 8.78 Å². The molecule has 1 N–H and O–H groups in total. The molecule has 0 amide bonds. The molecule has 22 heavy (non-hydrogen) atoms. The van der Waals surface area contributed by atoms with Crippen molar-refractivity contribution in [2.24, 2.45) is 0 Å². The number of benzene rings is 2. The Morgan fingerprint density at radius 2 is 1.64 bits per heavy atom. The summed E-state index contributed by atoms with van der Waals surface area (Å²) < 4.78 is 27.5. The summed E-state index contributed by atoms with van der Waals surface area (Å²) in [5.74, 6) is -0.417. The van der Waals surface area contributed by atoms with Crippen LogP contribution in [0, 0.1) is 11.6 Å². The highest BCUT2D eigenvalue weighted by atomic mass is 19.1. The maximum atomic E-state index is 13.9. The zero-order valence-electron chi connectivity index (χ0n) is 13.1. The summed E-state index contributed by atoms with van der Waals surface area (Å²) in [6.07, 6.45) is 0. The molecule has 2 aromatic rings. The summed E-state index contributed by atoms with van der Waals surface area (Å²) in [5, 5.41) is 3.20. The smallest absolute Gasteiger partial charge is 0.146 e. The van der Waals surface area contributed by atoms with E-state index in [0.29, 0.717) is 24.3 Å². The second kappa shape index (κ2) is 7.90. The van der Waals surface area contributed by atoms with Gasteiger partial charge in [0.05, 0.1) is 5.69 Å². The number of nitrogens with zero attached hydrogens (tertiary/aromatic N) is 1. The molecule has 0 unspecified atom stereocenters. The third kappa shape index (κ3) is 4.04. The van der Waals surface area contributed by atoms with Gasteiger partial charge < -0.3 is 10.2 Å². The molecule has 4 heteroatoms. The van der Waals surface area contributed by atoms with Crippen LogP contribution in [0.3, 0.4) is 0 Å². The van der Waals surface area contributed by atoms with Crippen LogP contribution < -0.4 is 10.2 Å². The quantitative estimate of drug-likeness (QED) is 0.828. The van der Waals surface area contributed by atoms with Gasteiger partial charge in [-0.05, 0) is 37.6 Å². The summed E-state index contributed by atoms with van der Waals surface area (Å²) in [6.45, 7) is 6.56. The lowest BCUT2D eigenvalue weighted by atomic mass is 10.1.